The number of hydrogen-bond acceptors (Lipinski definition) is 6. The number of ketones is 1. The zero-order valence-electron chi connectivity index (χ0n) is 44.5. The number of aromatic carboxylic acids is 2. The predicted octanol–water partition coefficient (Wildman–Crippen LogP) is 16.1. The van der Waals surface area contributed by atoms with E-state index in [0.717, 1.165) is 72.5 Å². The van der Waals surface area contributed by atoms with Crippen molar-refractivity contribution in [2.45, 2.75) is 85.5 Å². The minimum atomic E-state index is -0.984. The Balaban J connectivity index is 0.000000221. The first-order valence-electron chi connectivity index (χ1n) is 25.3. The summed E-state index contributed by atoms with van der Waals surface area (Å²) in [6.07, 6.45) is 5.83. The van der Waals surface area contributed by atoms with Crippen molar-refractivity contribution in [1.29, 1.82) is 0 Å². The number of carbonyl (C=O) groups excluding carboxylic acids is 1. The van der Waals surface area contributed by atoms with Crippen LogP contribution in [-0.2, 0) is 24.0 Å². The molecule has 0 saturated carbocycles. The van der Waals surface area contributed by atoms with Gasteiger partial charge >= 0.3 is 11.9 Å². The van der Waals surface area contributed by atoms with E-state index in [1.165, 1.54) is 23.8 Å². The molecule has 3 N–H and O–H groups in total. The molecule has 1 atom stereocenters. The standard InChI is InChI=1S/C34H34O4.C34H32O4/c2*1-23-10-15-26(16-11-23)29-20-28(30(35)19-14-24-12-17-27(18-13-24)33(36)37)21-31(32(29)34(2,3)4)38-22-25-8-6-5-7-9-25/h5-21,30,35H,22H2,1-4H3,(H,36,37);5-21H,22H2,1-4H3,(H,36,37). The van der Waals surface area contributed by atoms with Gasteiger partial charge in [0, 0.05) is 16.7 Å². The second-order valence-corrected chi connectivity index (χ2v) is 21.0. The summed E-state index contributed by atoms with van der Waals surface area (Å²) in [6.45, 7) is 17.9. The predicted molar refractivity (Wildman–Crippen MR) is 306 cm³/mol. The molecule has 0 saturated heterocycles. The van der Waals surface area contributed by atoms with Crippen LogP contribution in [-0.4, -0.2) is 33.0 Å². The van der Waals surface area contributed by atoms with E-state index in [2.05, 4.69) is 104 Å². The highest BCUT2D eigenvalue weighted by Gasteiger charge is 2.28. The fraction of sp³-hybridized carbons (Fsp3) is 0.191. The molecule has 0 radical (unpaired) electrons. The van der Waals surface area contributed by atoms with Crippen LogP contribution in [0.5, 0.6) is 11.5 Å². The molecule has 0 spiro atoms. The number of rotatable bonds is 16. The van der Waals surface area contributed by atoms with Crippen molar-refractivity contribution < 1.29 is 39.2 Å². The molecule has 8 nitrogen and oxygen atoms in total. The van der Waals surface area contributed by atoms with Gasteiger partial charge in [-0.15, -0.1) is 0 Å². The van der Waals surface area contributed by atoms with Crippen molar-refractivity contribution >= 4 is 29.9 Å². The van der Waals surface area contributed by atoms with E-state index < -0.39 is 18.0 Å². The molecular formula is C68H66O8. The lowest BCUT2D eigenvalue weighted by molar-refractivity contribution is 0.0686. The van der Waals surface area contributed by atoms with Gasteiger partial charge in [-0.3, -0.25) is 4.79 Å². The number of carboxylic acids is 2. The third-order valence-electron chi connectivity index (χ3n) is 12.8. The van der Waals surface area contributed by atoms with E-state index in [1.54, 1.807) is 54.6 Å². The van der Waals surface area contributed by atoms with Crippen LogP contribution in [0.25, 0.3) is 34.4 Å². The van der Waals surface area contributed by atoms with Gasteiger partial charge in [-0.05, 0) is 129 Å². The van der Waals surface area contributed by atoms with Crippen LogP contribution in [0, 0.1) is 13.8 Å². The minimum Gasteiger partial charge on any atom is -0.489 e. The lowest BCUT2D eigenvalue weighted by atomic mass is 9.79. The Kier molecular flexibility index (Phi) is 17.9. The molecule has 0 bridgehead atoms. The molecule has 1 unspecified atom stereocenters. The Morgan fingerprint density at radius 1 is 0.487 bits per heavy atom. The Bertz CT molecular complexity index is 3320. The second kappa shape index (κ2) is 24.6. The highest BCUT2D eigenvalue weighted by molar-refractivity contribution is 6.08. The lowest BCUT2D eigenvalue weighted by Gasteiger charge is -2.28. The average molecular weight is 1010 g/mol. The van der Waals surface area contributed by atoms with Crippen molar-refractivity contribution in [3.05, 3.63) is 261 Å². The quantitative estimate of drug-likeness (QED) is 0.0644. The van der Waals surface area contributed by atoms with E-state index >= 15 is 0 Å². The minimum absolute atomic E-state index is 0.161. The first-order chi connectivity index (χ1) is 36.2. The van der Waals surface area contributed by atoms with E-state index in [9.17, 15) is 19.5 Å². The van der Waals surface area contributed by atoms with E-state index in [4.69, 9.17) is 19.7 Å². The topological polar surface area (TPSA) is 130 Å². The van der Waals surface area contributed by atoms with Crippen molar-refractivity contribution in [3.8, 4) is 33.8 Å². The van der Waals surface area contributed by atoms with Gasteiger partial charge in [0.2, 0.25) is 0 Å². The maximum absolute atomic E-state index is 13.4. The van der Waals surface area contributed by atoms with E-state index in [-0.39, 0.29) is 27.7 Å². The SMILES string of the molecule is Cc1ccc(-c2cc(C(=O)C=Cc3ccc(C(=O)O)cc3)cc(OCc3ccccc3)c2C(C)(C)C)cc1.Cc1ccc(-c2cc(C(O)C=Cc3ccc(C(=O)O)cc3)cc(OCc3ccccc3)c2C(C)(C)C)cc1. The number of aliphatic hydroxyl groups is 1. The third kappa shape index (κ3) is 14.8. The molecule has 0 aromatic heterocycles. The summed E-state index contributed by atoms with van der Waals surface area (Å²) < 4.78 is 12.8. The van der Waals surface area contributed by atoms with Crippen LogP contribution in [0.4, 0.5) is 0 Å². The summed E-state index contributed by atoms with van der Waals surface area (Å²) in [6, 6.07) is 57.4. The molecule has 8 heteroatoms. The summed E-state index contributed by atoms with van der Waals surface area (Å²) >= 11 is 0. The normalized spacial score (nSPS) is 12.0. The zero-order chi connectivity index (χ0) is 54.6. The van der Waals surface area contributed by atoms with Gasteiger partial charge in [-0.1, -0.05) is 204 Å². The van der Waals surface area contributed by atoms with E-state index in [0.29, 0.717) is 24.5 Å². The number of aryl methyl sites for hydroxylation is 2. The summed E-state index contributed by atoms with van der Waals surface area (Å²) in [5, 5.41) is 29.5. The van der Waals surface area contributed by atoms with Gasteiger partial charge in [0.25, 0.3) is 0 Å². The fourth-order valence-electron chi connectivity index (χ4n) is 8.79. The van der Waals surface area contributed by atoms with E-state index in [1.807, 2.05) is 84.9 Å². The van der Waals surface area contributed by atoms with Gasteiger partial charge in [-0.25, -0.2) is 9.59 Å². The Morgan fingerprint density at radius 2 is 0.895 bits per heavy atom. The van der Waals surface area contributed by atoms with Gasteiger partial charge in [0.1, 0.15) is 24.7 Å². The van der Waals surface area contributed by atoms with Crippen LogP contribution in [0.1, 0.15) is 129 Å². The molecule has 76 heavy (non-hydrogen) atoms. The molecule has 8 rings (SSSR count). The van der Waals surface area contributed by atoms with Crippen molar-refractivity contribution in [1.82, 2.24) is 0 Å². The molecular weight excluding hydrogens is 945 g/mol. The Labute approximate surface area is 447 Å². The molecule has 386 valence electrons. The summed E-state index contributed by atoms with van der Waals surface area (Å²) in [5.74, 6) is -0.686. The maximum atomic E-state index is 13.4. The number of carboxylic acid groups (broad SMARTS) is 2. The second-order valence-electron chi connectivity index (χ2n) is 21.0. The first kappa shape index (κ1) is 55.2. The van der Waals surface area contributed by atoms with Crippen molar-refractivity contribution in [3.63, 3.8) is 0 Å². The number of ether oxygens (including phenoxy) is 2. The summed E-state index contributed by atoms with van der Waals surface area (Å²) in [4.78, 5) is 35.6. The van der Waals surface area contributed by atoms with Crippen LogP contribution >= 0.6 is 0 Å². The van der Waals surface area contributed by atoms with Gasteiger partial charge in [0.15, 0.2) is 5.78 Å². The zero-order valence-corrected chi connectivity index (χ0v) is 44.5. The van der Waals surface area contributed by atoms with Crippen LogP contribution < -0.4 is 9.47 Å². The smallest absolute Gasteiger partial charge is 0.335 e. The summed E-state index contributed by atoms with van der Waals surface area (Å²) in [7, 11) is 0. The van der Waals surface area contributed by atoms with Crippen molar-refractivity contribution in [2.24, 2.45) is 0 Å². The number of benzene rings is 8. The number of aliphatic hydroxyl groups excluding tert-OH is 1. The first-order valence-corrected chi connectivity index (χ1v) is 25.3. The Hall–Kier alpha value is -8.59. The number of carbonyl (C=O) groups is 3. The largest absolute Gasteiger partial charge is 0.489 e. The summed E-state index contributed by atoms with van der Waals surface area (Å²) in [5.41, 5.74) is 13.4. The monoisotopic (exact) mass is 1010 g/mol. The fourth-order valence-corrected chi connectivity index (χ4v) is 8.79. The Morgan fingerprint density at radius 3 is 1.32 bits per heavy atom. The molecule has 8 aromatic rings. The van der Waals surface area contributed by atoms with Gasteiger partial charge in [-0.2, -0.15) is 0 Å². The molecule has 0 fully saturated rings. The molecule has 0 aliphatic rings. The molecule has 0 heterocycles. The number of allylic oxidation sites excluding steroid dienone is 1. The number of hydrogen-bond donors (Lipinski definition) is 3. The lowest BCUT2D eigenvalue weighted by Crippen LogP contribution is -2.16. The van der Waals surface area contributed by atoms with Crippen LogP contribution in [0.3, 0.4) is 0 Å². The highest BCUT2D eigenvalue weighted by Crippen LogP contribution is 2.44. The molecule has 0 aliphatic carbocycles. The third-order valence-corrected chi connectivity index (χ3v) is 12.8. The molecule has 8 aromatic carbocycles. The van der Waals surface area contributed by atoms with Crippen molar-refractivity contribution in [2.75, 3.05) is 0 Å². The van der Waals surface area contributed by atoms with Gasteiger partial charge < -0.3 is 24.8 Å². The van der Waals surface area contributed by atoms with Gasteiger partial charge in [0.05, 0.1) is 17.2 Å². The highest BCUT2D eigenvalue weighted by atomic mass is 16.5. The average Bonchev–Trinajstić information content (AvgIpc) is 3.41. The maximum Gasteiger partial charge on any atom is 0.335 e. The molecule has 0 amide bonds. The van der Waals surface area contributed by atoms with Crippen LogP contribution in [0.15, 0.2) is 194 Å². The van der Waals surface area contributed by atoms with Crippen LogP contribution in [0.2, 0.25) is 0 Å². The molecule has 0 aliphatic heterocycles.